The minimum absolute atomic E-state index is 0.144. The number of rotatable bonds is 3. The Kier molecular flexibility index (Phi) is 3.89. The Balaban J connectivity index is 2.38. The standard InChI is InChI=1S/C13H17N3O4/c1-7-5-9(11(14)17)12(15-8(7)2)16-3-4-20-10(6-16)13(18)19/h5,10H,3-4,6H2,1-2H3,(H2,14,17)(H,18,19). The number of nitrogens with zero attached hydrogens (tertiary/aromatic N) is 2. The normalized spacial score (nSPS) is 18.9. The average molecular weight is 279 g/mol. The number of aliphatic carboxylic acids is 1. The summed E-state index contributed by atoms with van der Waals surface area (Å²) in [6.07, 6.45) is -0.923. The maximum atomic E-state index is 11.6. The predicted molar refractivity (Wildman–Crippen MR) is 71.8 cm³/mol. The van der Waals surface area contributed by atoms with Crippen LogP contribution in [-0.4, -0.2) is 47.8 Å². The van der Waals surface area contributed by atoms with Gasteiger partial charge in [0.1, 0.15) is 5.82 Å². The van der Waals surface area contributed by atoms with Crippen molar-refractivity contribution in [2.75, 3.05) is 24.6 Å². The molecule has 1 saturated heterocycles. The SMILES string of the molecule is Cc1cc(C(N)=O)c(N2CCOC(C(=O)O)C2)nc1C. The monoisotopic (exact) mass is 279 g/mol. The highest BCUT2D eigenvalue weighted by molar-refractivity contribution is 5.98. The summed E-state index contributed by atoms with van der Waals surface area (Å²) in [7, 11) is 0. The third kappa shape index (κ3) is 2.72. The van der Waals surface area contributed by atoms with Gasteiger partial charge >= 0.3 is 5.97 Å². The van der Waals surface area contributed by atoms with Crippen molar-refractivity contribution in [2.45, 2.75) is 20.0 Å². The van der Waals surface area contributed by atoms with E-state index in [0.29, 0.717) is 17.9 Å². The van der Waals surface area contributed by atoms with Crippen LogP contribution in [0, 0.1) is 13.8 Å². The smallest absolute Gasteiger partial charge is 0.334 e. The van der Waals surface area contributed by atoms with Gasteiger partial charge in [-0.15, -0.1) is 0 Å². The highest BCUT2D eigenvalue weighted by Crippen LogP contribution is 2.23. The molecule has 0 radical (unpaired) electrons. The summed E-state index contributed by atoms with van der Waals surface area (Å²) < 4.78 is 5.16. The summed E-state index contributed by atoms with van der Waals surface area (Å²) in [5.74, 6) is -1.18. The molecular weight excluding hydrogens is 262 g/mol. The van der Waals surface area contributed by atoms with Crippen molar-refractivity contribution in [3.8, 4) is 0 Å². The van der Waals surface area contributed by atoms with Crippen molar-refractivity contribution in [2.24, 2.45) is 5.73 Å². The fourth-order valence-electron chi connectivity index (χ4n) is 2.11. The molecule has 3 N–H and O–H groups in total. The molecule has 7 nitrogen and oxygen atoms in total. The zero-order chi connectivity index (χ0) is 14.9. The van der Waals surface area contributed by atoms with E-state index in [1.807, 2.05) is 13.8 Å². The molecule has 1 fully saturated rings. The zero-order valence-electron chi connectivity index (χ0n) is 11.4. The van der Waals surface area contributed by atoms with E-state index in [-0.39, 0.29) is 13.2 Å². The number of hydrogen-bond donors (Lipinski definition) is 2. The quantitative estimate of drug-likeness (QED) is 0.812. The van der Waals surface area contributed by atoms with Gasteiger partial charge in [-0.3, -0.25) is 4.79 Å². The molecule has 0 spiro atoms. The van der Waals surface area contributed by atoms with Gasteiger partial charge in [0, 0.05) is 12.2 Å². The number of pyridine rings is 1. The van der Waals surface area contributed by atoms with Crippen LogP contribution < -0.4 is 10.6 Å². The number of amides is 1. The Morgan fingerprint density at radius 1 is 1.50 bits per heavy atom. The first-order valence-corrected chi connectivity index (χ1v) is 6.27. The predicted octanol–water partition coefficient (Wildman–Crippen LogP) is 0.0871. The lowest BCUT2D eigenvalue weighted by atomic mass is 10.1. The van der Waals surface area contributed by atoms with Crippen molar-refractivity contribution in [3.63, 3.8) is 0 Å². The lowest BCUT2D eigenvalue weighted by Gasteiger charge is -2.32. The molecule has 2 heterocycles. The minimum atomic E-state index is -1.03. The average Bonchev–Trinajstić information content (AvgIpc) is 2.41. The van der Waals surface area contributed by atoms with Crippen LogP contribution in [0.4, 0.5) is 5.82 Å². The van der Waals surface area contributed by atoms with E-state index in [1.165, 1.54) is 0 Å². The highest BCUT2D eigenvalue weighted by atomic mass is 16.5. The van der Waals surface area contributed by atoms with Crippen LogP contribution in [0.5, 0.6) is 0 Å². The van der Waals surface area contributed by atoms with Crippen LogP contribution in [0.2, 0.25) is 0 Å². The Morgan fingerprint density at radius 3 is 2.80 bits per heavy atom. The third-order valence-corrected chi connectivity index (χ3v) is 3.35. The molecule has 108 valence electrons. The second-order valence-electron chi connectivity index (χ2n) is 4.77. The van der Waals surface area contributed by atoms with Crippen molar-refractivity contribution in [3.05, 3.63) is 22.9 Å². The molecule has 1 aliphatic rings. The fraction of sp³-hybridized carbons (Fsp3) is 0.462. The molecule has 7 heteroatoms. The molecule has 0 aromatic carbocycles. The number of aromatic nitrogens is 1. The van der Waals surface area contributed by atoms with E-state index in [1.54, 1.807) is 11.0 Å². The van der Waals surface area contributed by atoms with Gasteiger partial charge in [-0.25, -0.2) is 9.78 Å². The molecule has 0 aliphatic carbocycles. The van der Waals surface area contributed by atoms with Gasteiger partial charge in [0.25, 0.3) is 5.91 Å². The number of anilines is 1. The van der Waals surface area contributed by atoms with E-state index >= 15 is 0 Å². The van der Waals surface area contributed by atoms with Gasteiger partial charge in [-0.2, -0.15) is 0 Å². The summed E-state index contributed by atoms with van der Waals surface area (Å²) >= 11 is 0. The van der Waals surface area contributed by atoms with Crippen LogP contribution in [0.15, 0.2) is 6.07 Å². The van der Waals surface area contributed by atoms with Gasteiger partial charge in [0.2, 0.25) is 0 Å². The summed E-state index contributed by atoms with van der Waals surface area (Å²) in [4.78, 5) is 28.7. The van der Waals surface area contributed by atoms with Crippen LogP contribution in [0.1, 0.15) is 21.6 Å². The molecule has 20 heavy (non-hydrogen) atoms. The number of carbonyl (C=O) groups excluding carboxylic acids is 1. The van der Waals surface area contributed by atoms with E-state index < -0.39 is 18.0 Å². The van der Waals surface area contributed by atoms with Crippen molar-refractivity contribution >= 4 is 17.7 Å². The highest BCUT2D eigenvalue weighted by Gasteiger charge is 2.29. The molecule has 1 aliphatic heterocycles. The number of primary amides is 1. The van der Waals surface area contributed by atoms with Gasteiger partial charge < -0.3 is 20.5 Å². The molecule has 2 rings (SSSR count). The molecule has 1 atom stereocenters. The lowest BCUT2D eigenvalue weighted by molar-refractivity contribution is -0.150. The maximum absolute atomic E-state index is 11.6. The van der Waals surface area contributed by atoms with Crippen molar-refractivity contribution in [1.82, 2.24) is 4.98 Å². The Morgan fingerprint density at radius 2 is 2.20 bits per heavy atom. The summed E-state index contributed by atoms with van der Waals surface area (Å²) in [5.41, 5.74) is 7.33. The van der Waals surface area contributed by atoms with Gasteiger partial charge in [0.15, 0.2) is 6.10 Å². The Bertz CT molecular complexity index is 559. The van der Waals surface area contributed by atoms with Crippen molar-refractivity contribution < 1.29 is 19.4 Å². The third-order valence-electron chi connectivity index (χ3n) is 3.35. The number of carboxylic acids is 1. The number of hydrogen-bond acceptors (Lipinski definition) is 5. The maximum Gasteiger partial charge on any atom is 0.334 e. The second kappa shape index (κ2) is 5.46. The first-order valence-electron chi connectivity index (χ1n) is 6.27. The number of morpholine rings is 1. The number of carbonyl (C=O) groups is 2. The van der Waals surface area contributed by atoms with Gasteiger partial charge in [-0.1, -0.05) is 0 Å². The number of carboxylic acid groups (broad SMARTS) is 1. The van der Waals surface area contributed by atoms with Gasteiger partial charge in [0.05, 0.1) is 18.7 Å². The zero-order valence-corrected chi connectivity index (χ0v) is 11.4. The lowest BCUT2D eigenvalue weighted by Crippen LogP contribution is -2.47. The molecular formula is C13H17N3O4. The fourth-order valence-corrected chi connectivity index (χ4v) is 2.11. The van der Waals surface area contributed by atoms with Crippen LogP contribution in [0.25, 0.3) is 0 Å². The second-order valence-corrected chi connectivity index (χ2v) is 4.77. The number of nitrogens with two attached hydrogens (primary N) is 1. The number of aryl methyl sites for hydroxylation is 2. The first-order chi connectivity index (χ1) is 9.40. The molecule has 1 amide bonds. The number of ether oxygens (including phenoxy) is 1. The molecule has 1 unspecified atom stereocenters. The Labute approximate surface area is 116 Å². The first kappa shape index (κ1) is 14.3. The Hall–Kier alpha value is -2.15. The molecule has 0 bridgehead atoms. The summed E-state index contributed by atoms with van der Waals surface area (Å²) in [6, 6.07) is 1.69. The van der Waals surface area contributed by atoms with Gasteiger partial charge in [-0.05, 0) is 25.5 Å². The van der Waals surface area contributed by atoms with Crippen molar-refractivity contribution in [1.29, 1.82) is 0 Å². The molecule has 1 aromatic heterocycles. The summed E-state index contributed by atoms with van der Waals surface area (Å²) in [6.45, 7) is 4.56. The summed E-state index contributed by atoms with van der Waals surface area (Å²) in [5, 5.41) is 9.02. The largest absolute Gasteiger partial charge is 0.479 e. The molecule has 1 aromatic rings. The van der Waals surface area contributed by atoms with E-state index in [0.717, 1.165) is 11.3 Å². The minimum Gasteiger partial charge on any atom is -0.479 e. The van der Waals surface area contributed by atoms with E-state index in [4.69, 9.17) is 15.6 Å². The van der Waals surface area contributed by atoms with Crippen LogP contribution in [0.3, 0.4) is 0 Å². The van der Waals surface area contributed by atoms with Crippen LogP contribution >= 0.6 is 0 Å². The van der Waals surface area contributed by atoms with E-state index in [9.17, 15) is 9.59 Å². The van der Waals surface area contributed by atoms with Crippen LogP contribution in [-0.2, 0) is 9.53 Å². The molecule has 0 saturated carbocycles. The van der Waals surface area contributed by atoms with E-state index in [2.05, 4.69) is 4.98 Å². The topological polar surface area (TPSA) is 106 Å².